The number of carbonyl (C=O) groups is 2. The number of carbonyl (C=O) groups excluding carboxylic acids is 2. The highest BCUT2D eigenvalue weighted by Crippen LogP contribution is 2.21. The number of nitrogens with one attached hydrogen (secondary N) is 1. The molecule has 11 heteroatoms. The summed E-state index contributed by atoms with van der Waals surface area (Å²) in [4.78, 5) is 47.8. The SMILES string of the molecule is CCOC(=O)C1CCN(C(=O)c2cc3c(=O)n4ccccc4nc3n(CCN3CCOCC3)c2=N)CC1. The summed E-state index contributed by atoms with van der Waals surface area (Å²) in [7, 11) is 0. The number of rotatable bonds is 6. The Bertz CT molecular complexity index is 1430. The van der Waals surface area contributed by atoms with E-state index in [2.05, 4.69) is 4.90 Å². The van der Waals surface area contributed by atoms with Crippen molar-refractivity contribution in [2.24, 2.45) is 5.92 Å². The Morgan fingerprint density at radius 1 is 1.14 bits per heavy atom. The molecule has 5 rings (SSSR count). The van der Waals surface area contributed by atoms with Gasteiger partial charge in [-0.15, -0.1) is 0 Å². The van der Waals surface area contributed by atoms with E-state index in [1.54, 1.807) is 34.7 Å². The molecule has 0 aliphatic carbocycles. The zero-order chi connectivity index (χ0) is 25.9. The van der Waals surface area contributed by atoms with E-state index in [4.69, 9.17) is 19.9 Å². The lowest BCUT2D eigenvalue weighted by Crippen LogP contribution is -2.44. The molecule has 11 nitrogen and oxygen atoms in total. The molecule has 0 atom stereocenters. The van der Waals surface area contributed by atoms with Gasteiger partial charge in [0.2, 0.25) is 0 Å². The monoisotopic (exact) mass is 508 g/mol. The maximum atomic E-state index is 13.6. The summed E-state index contributed by atoms with van der Waals surface area (Å²) in [6, 6.07) is 6.83. The minimum atomic E-state index is -0.313. The van der Waals surface area contributed by atoms with Crippen molar-refractivity contribution in [2.75, 3.05) is 52.5 Å². The molecule has 196 valence electrons. The summed E-state index contributed by atoms with van der Waals surface area (Å²) < 4.78 is 13.7. The van der Waals surface area contributed by atoms with Crippen LogP contribution in [-0.4, -0.2) is 88.2 Å². The fourth-order valence-electron chi connectivity index (χ4n) is 5.08. The van der Waals surface area contributed by atoms with Gasteiger partial charge in [-0.05, 0) is 38.0 Å². The molecule has 3 aromatic heterocycles. The molecule has 0 spiro atoms. The van der Waals surface area contributed by atoms with Crippen molar-refractivity contribution in [1.82, 2.24) is 23.8 Å². The van der Waals surface area contributed by atoms with Crippen LogP contribution < -0.4 is 11.0 Å². The van der Waals surface area contributed by atoms with Crippen LogP contribution in [0.25, 0.3) is 16.7 Å². The molecule has 0 aromatic carbocycles. The Hall–Kier alpha value is -3.57. The van der Waals surface area contributed by atoms with Crippen molar-refractivity contribution >= 4 is 28.6 Å². The number of likely N-dealkylation sites (tertiary alicyclic amines) is 1. The van der Waals surface area contributed by atoms with Gasteiger partial charge < -0.3 is 18.9 Å². The molecule has 2 fully saturated rings. The molecule has 37 heavy (non-hydrogen) atoms. The highest BCUT2D eigenvalue weighted by molar-refractivity contribution is 5.97. The summed E-state index contributed by atoms with van der Waals surface area (Å²) in [5, 5.41) is 9.28. The van der Waals surface area contributed by atoms with Crippen molar-refractivity contribution < 1.29 is 19.1 Å². The molecule has 0 unspecified atom stereocenters. The van der Waals surface area contributed by atoms with Crippen LogP contribution in [0.5, 0.6) is 0 Å². The van der Waals surface area contributed by atoms with Crippen molar-refractivity contribution in [2.45, 2.75) is 26.3 Å². The predicted molar refractivity (Wildman–Crippen MR) is 135 cm³/mol. The second kappa shape index (κ2) is 10.8. The highest BCUT2D eigenvalue weighted by atomic mass is 16.5. The van der Waals surface area contributed by atoms with Crippen LogP contribution in [-0.2, 0) is 20.8 Å². The van der Waals surface area contributed by atoms with Crippen molar-refractivity contribution in [3.8, 4) is 0 Å². The lowest BCUT2D eigenvalue weighted by Gasteiger charge is -2.31. The number of amides is 1. The first-order valence-corrected chi connectivity index (χ1v) is 12.8. The van der Waals surface area contributed by atoms with E-state index in [-0.39, 0.29) is 34.4 Å². The van der Waals surface area contributed by atoms with Crippen LogP contribution in [0.15, 0.2) is 35.3 Å². The Kier molecular flexibility index (Phi) is 7.33. The van der Waals surface area contributed by atoms with Crippen LogP contribution >= 0.6 is 0 Å². The molecule has 3 aromatic rings. The van der Waals surface area contributed by atoms with Crippen LogP contribution in [0.4, 0.5) is 0 Å². The van der Waals surface area contributed by atoms with E-state index >= 15 is 0 Å². The lowest BCUT2D eigenvalue weighted by molar-refractivity contribution is -0.149. The van der Waals surface area contributed by atoms with Crippen molar-refractivity contribution in [1.29, 1.82) is 5.41 Å². The van der Waals surface area contributed by atoms with Gasteiger partial charge in [-0.2, -0.15) is 0 Å². The summed E-state index contributed by atoms with van der Waals surface area (Å²) in [5.41, 5.74) is 0.798. The Balaban J connectivity index is 1.52. The third kappa shape index (κ3) is 5.01. The molecule has 0 radical (unpaired) electrons. The Morgan fingerprint density at radius 3 is 2.62 bits per heavy atom. The van der Waals surface area contributed by atoms with Crippen LogP contribution in [0.3, 0.4) is 0 Å². The molecule has 2 saturated heterocycles. The number of fused-ring (bicyclic) bond motifs is 2. The van der Waals surface area contributed by atoms with Crippen LogP contribution in [0.2, 0.25) is 0 Å². The topological polar surface area (TPSA) is 122 Å². The standard InChI is InChI=1S/C26H32N6O5/c1-2-37-26(35)18-6-9-30(10-7-18)24(33)19-17-20-23(28-21-5-3-4-8-31(21)25(20)34)32(22(19)27)12-11-29-13-15-36-16-14-29/h3-5,8,17-18,27H,2,6-7,9-16H2,1H3. The van der Waals surface area contributed by atoms with Gasteiger partial charge in [0.05, 0.1) is 36.7 Å². The first kappa shape index (κ1) is 25.1. The van der Waals surface area contributed by atoms with Gasteiger partial charge in [-0.1, -0.05) is 6.07 Å². The molecular weight excluding hydrogens is 476 g/mol. The number of hydrogen-bond acceptors (Lipinski definition) is 8. The number of pyridine rings is 2. The number of hydrogen-bond donors (Lipinski definition) is 1. The number of morpholine rings is 1. The Labute approximate surface area is 213 Å². The van der Waals surface area contributed by atoms with E-state index in [1.807, 2.05) is 6.07 Å². The number of aromatic nitrogens is 3. The average molecular weight is 509 g/mol. The Morgan fingerprint density at radius 2 is 1.89 bits per heavy atom. The normalized spacial score (nSPS) is 17.4. The summed E-state index contributed by atoms with van der Waals surface area (Å²) in [6.07, 6.45) is 2.67. The van der Waals surface area contributed by atoms with Gasteiger partial charge in [0, 0.05) is 45.5 Å². The number of piperidine rings is 1. The van der Waals surface area contributed by atoms with Gasteiger partial charge >= 0.3 is 5.97 Å². The highest BCUT2D eigenvalue weighted by Gasteiger charge is 2.30. The van der Waals surface area contributed by atoms with E-state index in [9.17, 15) is 14.4 Å². The van der Waals surface area contributed by atoms with E-state index < -0.39 is 0 Å². The second-order valence-corrected chi connectivity index (χ2v) is 9.41. The maximum Gasteiger partial charge on any atom is 0.309 e. The largest absolute Gasteiger partial charge is 0.466 e. The molecular formula is C26H32N6O5. The fraction of sp³-hybridized carbons (Fsp3) is 0.500. The number of esters is 1. The third-order valence-electron chi connectivity index (χ3n) is 7.19. The van der Waals surface area contributed by atoms with E-state index in [0.717, 1.165) is 13.1 Å². The molecule has 0 saturated carbocycles. The molecule has 0 bridgehead atoms. The molecule has 2 aliphatic heterocycles. The summed E-state index contributed by atoms with van der Waals surface area (Å²) in [6.45, 7) is 6.85. The van der Waals surface area contributed by atoms with Crippen LogP contribution in [0.1, 0.15) is 30.1 Å². The smallest absolute Gasteiger partial charge is 0.309 e. The quantitative estimate of drug-likeness (QED) is 0.387. The minimum Gasteiger partial charge on any atom is -0.466 e. The van der Waals surface area contributed by atoms with Crippen LogP contribution in [0, 0.1) is 11.3 Å². The average Bonchev–Trinajstić information content (AvgIpc) is 2.93. The molecule has 1 N–H and O–H groups in total. The summed E-state index contributed by atoms with van der Waals surface area (Å²) in [5.74, 6) is -0.768. The number of ether oxygens (including phenoxy) is 2. The number of nitrogens with zero attached hydrogens (tertiary/aromatic N) is 5. The third-order valence-corrected chi connectivity index (χ3v) is 7.19. The first-order valence-electron chi connectivity index (χ1n) is 12.8. The summed E-state index contributed by atoms with van der Waals surface area (Å²) >= 11 is 0. The zero-order valence-corrected chi connectivity index (χ0v) is 21.0. The van der Waals surface area contributed by atoms with Gasteiger partial charge in [0.1, 0.15) is 16.8 Å². The predicted octanol–water partition coefficient (Wildman–Crippen LogP) is 0.876. The van der Waals surface area contributed by atoms with Crippen molar-refractivity contribution in [3.63, 3.8) is 0 Å². The fourth-order valence-corrected chi connectivity index (χ4v) is 5.08. The molecule has 2 aliphatic rings. The van der Waals surface area contributed by atoms with Gasteiger partial charge in [-0.3, -0.25) is 29.1 Å². The minimum absolute atomic E-state index is 0.0328. The molecule has 5 heterocycles. The van der Waals surface area contributed by atoms with Gasteiger partial charge in [0.25, 0.3) is 11.5 Å². The second-order valence-electron chi connectivity index (χ2n) is 9.41. The maximum absolute atomic E-state index is 13.6. The lowest BCUT2D eigenvalue weighted by atomic mass is 9.96. The zero-order valence-electron chi connectivity index (χ0n) is 21.0. The van der Waals surface area contributed by atoms with E-state index in [1.165, 1.54) is 10.5 Å². The first-order chi connectivity index (χ1) is 18.0. The van der Waals surface area contributed by atoms with Crippen molar-refractivity contribution in [3.05, 3.63) is 51.9 Å². The molecule has 1 amide bonds. The van der Waals surface area contributed by atoms with Gasteiger partial charge in [-0.25, -0.2) is 4.98 Å². The van der Waals surface area contributed by atoms with Gasteiger partial charge in [0.15, 0.2) is 0 Å². The van der Waals surface area contributed by atoms with E-state index in [0.29, 0.717) is 75.5 Å².